The van der Waals surface area contributed by atoms with E-state index in [9.17, 15) is 18.0 Å². The van der Waals surface area contributed by atoms with Crippen LogP contribution in [0.5, 0.6) is 5.75 Å². The fourth-order valence-electron chi connectivity index (χ4n) is 3.82. The predicted octanol–water partition coefficient (Wildman–Crippen LogP) is 1.13. The average Bonchev–Trinajstić information content (AvgIpc) is 2.71. The van der Waals surface area contributed by atoms with Gasteiger partial charge < -0.3 is 15.4 Å². The Kier molecular flexibility index (Phi) is 6.79. The van der Waals surface area contributed by atoms with Crippen LogP contribution in [0.15, 0.2) is 29.2 Å². The van der Waals surface area contributed by atoms with Crippen molar-refractivity contribution in [3.05, 3.63) is 24.3 Å². The Labute approximate surface area is 172 Å². The molecule has 0 saturated carbocycles. The third-order valence-corrected chi connectivity index (χ3v) is 7.56. The van der Waals surface area contributed by atoms with Crippen LogP contribution < -0.4 is 15.4 Å². The molecule has 0 aliphatic carbocycles. The van der Waals surface area contributed by atoms with Crippen molar-refractivity contribution >= 4 is 21.8 Å². The van der Waals surface area contributed by atoms with Gasteiger partial charge in [0.1, 0.15) is 11.8 Å². The molecule has 160 valence electrons. The molecule has 0 bridgehead atoms. The number of piperidine rings is 2. The third kappa shape index (κ3) is 4.90. The molecule has 2 fully saturated rings. The zero-order chi connectivity index (χ0) is 21.0. The van der Waals surface area contributed by atoms with Crippen molar-refractivity contribution < 1.29 is 22.7 Å². The molecule has 2 N–H and O–H groups in total. The van der Waals surface area contributed by atoms with Crippen molar-refractivity contribution in [3.63, 3.8) is 0 Å². The quantitative estimate of drug-likeness (QED) is 0.714. The predicted molar refractivity (Wildman–Crippen MR) is 108 cm³/mol. The molecule has 1 aromatic rings. The molecule has 2 saturated heterocycles. The molecule has 0 unspecified atom stereocenters. The lowest BCUT2D eigenvalue weighted by Crippen LogP contribution is -2.56. The first-order chi connectivity index (χ1) is 13.8. The lowest BCUT2D eigenvalue weighted by molar-refractivity contribution is -0.134. The minimum absolute atomic E-state index is 0.0906. The largest absolute Gasteiger partial charge is 0.494 e. The van der Waals surface area contributed by atoms with Gasteiger partial charge in [-0.15, -0.1) is 0 Å². The van der Waals surface area contributed by atoms with E-state index in [-0.39, 0.29) is 41.6 Å². The molecule has 9 heteroatoms. The number of carbonyl (C=O) groups is 2. The molecular weight excluding hydrogens is 394 g/mol. The second-order valence-electron chi connectivity index (χ2n) is 7.63. The van der Waals surface area contributed by atoms with E-state index in [1.807, 2.05) is 13.8 Å². The van der Waals surface area contributed by atoms with Crippen molar-refractivity contribution in [3.8, 4) is 5.75 Å². The molecular formula is C20H29N3O5S. The summed E-state index contributed by atoms with van der Waals surface area (Å²) in [6, 6.07) is 5.87. The smallest absolute Gasteiger partial charge is 0.243 e. The summed E-state index contributed by atoms with van der Waals surface area (Å²) in [6.45, 7) is 5.53. The van der Waals surface area contributed by atoms with E-state index < -0.39 is 16.1 Å². The summed E-state index contributed by atoms with van der Waals surface area (Å²) in [5.41, 5.74) is 0. The van der Waals surface area contributed by atoms with Gasteiger partial charge in [0.05, 0.1) is 11.5 Å². The molecule has 2 heterocycles. The lowest BCUT2D eigenvalue weighted by Gasteiger charge is -2.33. The fraction of sp³-hybridized carbons (Fsp3) is 0.600. The maximum Gasteiger partial charge on any atom is 0.243 e. The molecule has 2 aliphatic heterocycles. The Morgan fingerprint density at radius 1 is 1.21 bits per heavy atom. The average molecular weight is 424 g/mol. The zero-order valence-corrected chi connectivity index (χ0v) is 17.7. The highest BCUT2D eigenvalue weighted by Crippen LogP contribution is 2.26. The number of benzene rings is 1. The van der Waals surface area contributed by atoms with Gasteiger partial charge in [-0.05, 0) is 56.4 Å². The third-order valence-electron chi connectivity index (χ3n) is 5.65. The van der Waals surface area contributed by atoms with E-state index >= 15 is 0 Å². The number of amides is 2. The first kappa shape index (κ1) is 21.6. The monoisotopic (exact) mass is 423 g/mol. The number of nitrogens with zero attached hydrogens (tertiary/aromatic N) is 1. The number of carbonyl (C=O) groups excluding carboxylic acids is 2. The number of hydrogen-bond donors (Lipinski definition) is 2. The Morgan fingerprint density at radius 2 is 1.86 bits per heavy atom. The van der Waals surface area contributed by atoms with Crippen LogP contribution >= 0.6 is 0 Å². The molecule has 29 heavy (non-hydrogen) atoms. The van der Waals surface area contributed by atoms with E-state index in [1.54, 1.807) is 24.3 Å². The van der Waals surface area contributed by atoms with Crippen molar-refractivity contribution in [1.82, 2.24) is 14.9 Å². The van der Waals surface area contributed by atoms with Gasteiger partial charge in [0.15, 0.2) is 0 Å². The summed E-state index contributed by atoms with van der Waals surface area (Å²) >= 11 is 0. The van der Waals surface area contributed by atoms with Gasteiger partial charge in [-0.2, -0.15) is 4.31 Å². The molecule has 0 spiro atoms. The van der Waals surface area contributed by atoms with Gasteiger partial charge in [-0.1, -0.05) is 6.92 Å². The van der Waals surface area contributed by atoms with Crippen molar-refractivity contribution in [2.24, 2.45) is 11.8 Å². The van der Waals surface area contributed by atoms with Gasteiger partial charge in [-0.3, -0.25) is 9.59 Å². The van der Waals surface area contributed by atoms with Crippen LogP contribution in [0.1, 0.15) is 33.1 Å². The number of sulfonamides is 1. The second-order valence-corrected chi connectivity index (χ2v) is 9.56. The van der Waals surface area contributed by atoms with Crippen LogP contribution in [0.3, 0.4) is 0 Å². The van der Waals surface area contributed by atoms with Crippen LogP contribution in [0.2, 0.25) is 0 Å². The summed E-state index contributed by atoms with van der Waals surface area (Å²) in [7, 11) is -3.61. The topological polar surface area (TPSA) is 105 Å². The molecule has 8 nitrogen and oxygen atoms in total. The Bertz CT molecular complexity index is 832. The van der Waals surface area contributed by atoms with E-state index in [0.29, 0.717) is 31.7 Å². The number of ether oxygens (including phenoxy) is 1. The van der Waals surface area contributed by atoms with Gasteiger partial charge in [0, 0.05) is 25.6 Å². The molecule has 0 radical (unpaired) electrons. The van der Waals surface area contributed by atoms with Gasteiger partial charge in [0.25, 0.3) is 0 Å². The molecule has 2 atom stereocenters. The fourth-order valence-corrected chi connectivity index (χ4v) is 5.29. The summed E-state index contributed by atoms with van der Waals surface area (Å²) in [4.78, 5) is 24.8. The highest BCUT2D eigenvalue weighted by molar-refractivity contribution is 7.89. The van der Waals surface area contributed by atoms with Crippen molar-refractivity contribution in [2.45, 2.75) is 44.0 Å². The summed E-state index contributed by atoms with van der Waals surface area (Å²) in [5.74, 6) is 0.115. The summed E-state index contributed by atoms with van der Waals surface area (Å²) < 4.78 is 32.5. The first-order valence-electron chi connectivity index (χ1n) is 10.1. The van der Waals surface area contributed by atoms with Crippen LogP contribution in [0, 0.1) is 11.8 Å². The highest BCUT2D eigenvalue weighted by Gasteiger charge is 2.35. The SMILES string of the molecule is CCOc1ccc(S(=O)(=O)N2CCC(C(=O)N[C@@H]3C(=O)NCC[C@@H]3C)CC2)cc1. The standard InChI is InChI=1S/C20H29N3O5S/c1-3-28-16-4-6-17(7-5-16)29(26,27)23-12-9-15(10-13-23)19(24)22-18-14(2)8-11-21-20(18)25/h4-7,14-15,18H,3,8-13H2,1-2H3,(H,21,25)(H,22,24)/t14-,18-/m0/s1. The minimum Gasteiger partial charge on any atom is -0.494 e. The van der Waals surface area contributed by atoms with Gasteiger partial charge >= 0.3 is 0 Å². The second kappa shape index (κ2) is 9.13. The van der Waals surface area contributed by atoms with Crippen molar-refractivity contribution in [1.29, 1.82) is 0 Å². The van der Waals surface area contributed by atoms with E-state index in [0.717, 1.165) is 6.42 Å². The Balaban J connectivity index is 1.57. The van der Waals surface area contributed by atoms with Gasteiger partial charge in [0.2, 0.25) is 21.8 Å². The Hall–Kier alpha value is -2.13. The number of hydrogen-bond acceptors (Lipinski definition) is 5. The van der Waals surface area contributed by atoms with Crippen LogP contribution in [-0.4, -0.2) is 56.8 Å². The minimum atomic E-state index is -3.61. The van der Waals surface area contributed by atoms with E-state index in [2.05, 4.69) is 10.6 Å². The molecule has 2 amide bonds. The van der Waals surface area contributed by atoms with Crippen LogP contribution in [0.4, 0.5) is 0 Å². The molecule has 2 aliphatic rings. The molecule has 0 aromatic heterocycles. The van der Waals surface area contributed by atoms with E-state index in [1.165, 1.54) is 4.31 Å². The zero-order valence-electron chi connectivity index (χ0n) is 16.9. The highest BCUT2D eigenvalue weighted by atomic mass is 32.2. The van der Waals surface area contributed by atoms with Crippen LogP contribution in [0.25, 0.3) is 0 Å². The van der Waals surface area contributed by atoms with Crippen molar-refractivity contribution in [2.75, 3.05) is 26.2 Å². The molecule has 1 aromatic carbocycles. The van der Waals surface area contributed by atoms with E-state index in [4.69, 9.17) is 4.74 Å². The summed E-state index contributed by atoms with van der Waals surface area (Å²) in [6.07, 6.45) is 1.70. The number of nitrogens with one attached hydrogen (secondary N) is 2. The number of rotatable bonds is 6. The maximum absolute atomic E-state index is 12.9. The first-order valence-corrected chi connectivity index (χ1v) is 11.6. The van der Waals surface area contributed by atoms with Gasteiger partial charge in [-0.25, -0.2) is 8.42 Å². The summed E-state index contributed by atoms with van der Waals surface area (Å²) in [5, 5.41) is 5.64. The Morgan fingerprint density at radius 3 is 2.45 bits per heavy atom. The lowest BCUT2D eigenvalue weighted by atomic mass is 9.92. The molecule has 3 rings (SSSR count). The van der Waals surface area contributed by atoms with Crippen LogP contribution in [-0.2, 0) is 19.6 Å². The normalized spacial score (nSPS) is 24.0. The maximum atomic E-state index is 12.9.